The number of nitrogens with zero attached hydrogens (tertiary/aromatic N) is 5. The Bertz CT molecular complexity index is 1520. The van der Waals surface area contributed by atoms with Crippen LogP contribution in [0.3, 0.4) is 0 Å². The number of fused-ring (bicyclic) bond motifs is 4. The van der Waals surface area contributed by atoms with Gasteiger partial charge in [0.15, 0.2) is 0 Å². The van der Waals surface area contributed by atoms with E-state index in [0.717, 1.165) is 6.42 Å². The van der Waals surface area contributed by atoms with Crippen LogP contribution in [0, 0.1) is 6.92 Å². The molecule has 2 aromatic carbocycles. The van der Waals surface area contributed by atoms with Crippen LogP contribution in [-0.4, -0.2) is 68.4 Å². The molecule has 208 valence electrons. The number of aryl methyl sites for hydroxylation is 1. The van der Waals surface area contributed by atoms with Gasteiger partial charge >= 0.3 is 6.36 Å². The number of alkyl halides is 3. The predicted molar refractivity (Wildman–Crippen MR) is 140 cm³/mol. The number of aromatic nitrogens is 3. The van der Waals surface area contributed by atoms with Crippen molar-refractivity contribution in [2.75, 3.05) is 19.6 Å². The van der Waals surface area contributed by atoms with Crippen LogP contribution in [0.15, 0.2) is 48.5 Å². The topological polar surface area (TPSA) is 80.6 Å². The molecule has 3 aromatic rings. The van der Waals surface area contributed by atoms with Crippen LogP contribution < -0.4 is 4.74 Å². The van der Waals surface area contributed by atoms with Gasteiger partial charge in [-0.3, -0.25) is 14.2 Å². The van der Waals surface area contributed by atoms with Crippen molar-refractivity contribution >= 4 is 29.0 Å². The highest BCUT2D eigenvalue weighted by Gasteiger charge is 2.38. The Morgan fingerprint density at radius 3 is 2.65 bits per heavy atom. The largest absolute Gasteiger partial charge is 0.573 e. The maximum Gasteiger partial charge on any atom is 0.573 e. The number of hydrogen-bond acceptors (Lipinski definition) is 5. The molecule has 0 bridgehead atoms. The summed E-state index contributed by atoms with van der Waals surface area (Å²) in [7, 11) is 0. The molecule has 0 radical (unpaired) electrons. The minimum absolute atomic E-state index is 0.0294. The first kappa shape index (κ1) is 26.4. The number of hydrogen-bond donors (Lipinski definition) is 0. The summed E-state index contributed by atoms with van der Waals surface area (Å²) >= 11 is 6.13. The van der Waals surface area contributed by atoms with Crippen molar-refractivity contribution in [2.24, 2.45) is 0 Å². The van der Waals surface area contributed by atoms with E-state index in [1.807, 2.05) is 11.0 Å². The molecular weight excluding hydrogens is 547 g/mol. The van der Waals surface area contributed by atoms with Crippen LogP contribution in [0.4, 0.5) is 13.2 Å². The minimum atomic E-state index is -4.86. The van der Waals surface area contributed by atoms with Crippen LogP contribution in [-0.2, 0) is 9.59 Å². The number of allylic oxidation sites excluding steroid dienone is 1. The Labute approximate surface area is 233 Å². The van der Waals surface area contributed by atoms with Gasteiger partial charge in [0.05, 0.1) is 5.69 Å². The highest BCUT2D eigenvalue weighted by atomic mass is 35.5. The number of halogens is 4. The molecule has 2 amide bonds. The fourth-order valence-electron chi connectivity index (χ4n) is 5.84. The number of benzene rings is 2. The standard InChI is InChI=1S/C28H25ClF3N5O3/c1-16-33-34-27-18(13-26(39)35-10-11-36-20(15-35)6-9-25(36)38)12-22(17-2-4-19(29)5-3-17)23-14-21(40-28(30,31)32)7-8-24(23)37(16)27/h2-5,7-8,12,14,18,20H,6,9-11,13,15H2,1H3. The van der Waals surface area contributed by atoms with E-state index in [9.17, 15) is 22.8 Å². The third-order valence-electron chi connectivity index (χ3n) is 7.68. The molecule has 2 atom stereocenters. The average molecular weight is 572 g/mol. The van der Waals surface area contributed by atoms with E-state index >= 15 is 0 Å². The number of ether oxygens (including phenoxy) is 1. The molecule has 6 rings (SSSR count). The van der Waals surface area contributed by atoms with E-state index in [2.05, 4.69) is 14.9 Å². The summed E-state index contributed by atoms with van der Waals surface area (Å²) in [5.41, 5.74) is 2.37. The molecular formula is C28H25ClF3N5O3. The summed E-state index contributed by atoms with van der Waals surface area (Å²) in [4.78, 5) is 29.3. The van der Waals surface area contributed by atoms with E-state index < -0.39 is 12.3 Å². The number of carbonyl (C=O) groups excluding carboxylic acids is 2. The van der Waals surface area contributed by atoms with Crippen LogP contribution in [0.1, 0.15) is 48.0 Å². The van der Waals surface area contributed by atoms with Gasteiger partial charge in [0.2, 0.25) is 11.8 Å². The average Bonchev–Trinajstić information content (AvgIpc) is 3.44. The Kier molecular flexibility index (Phi) is 6.56. The second-order valence-corrected chi connectivity index (χ2v) is 10.6. The van der Waals surface area contributed by atoms with Crippen molar-refractivity contribution in [1.29, 1.82) is 0 Å². The van der Waals surface area contributed by atoms with Crippen molar-refractivity contribution in [1.82, 2.24) is 24.6 Å². The fraction of sp³-hybridized carbons (Fsp3) is 0.357. The Hall–Kier alpha value is -3.86. The Balaban J connectivity index is 1.41. The molecule has 0 aliphatic carbocycles. The maximum absolute atomic E-state index is 13.6. The molecule has 2 unspecified atom stereocenters. The second-order valence-electron chi connectivity index (χ2n) is 10.2. The second kappa shape index (κ2) is 9.96. The van der Waals surface area contributed by atoms with Crippen molar-refractivity contribution in [2.45, 2.75) is 44.5 Å². The molecule has 40 heavy (non-hydrogen) atoms. The summed E-state index contributed by atoms with van der Waals surface area (Å²) < 4.78 is 45.4. The maximum atomic E-state index is 13.6. The van der Waals surface area contributed by atoms with E-state index in [1.165, 1.54) is 12.1 Å². The van der Waals surface area contributed by atoms with Gasteiger partial charge in [-0.05, 0) is 54.8 Å². The van der Waals surface area contributed by atoms with Gasteiger partial charge in [-0.1, -0.05) is 29.8 Å². The molecule has 8 nitrogen and oxygen atoms in total. The van der Waals surface area contributed by atoms with Gasteiger partial charge in [0, 0.05) is 55.0 Å². The molecule has 0 spiro atoms. The molecule has 3 aliphatic rings. The lowest BCUT2D eigenvalue weighted by atomic mass is 9.92. The summed E-state index contributed by atoms with van der Waals surface area (Å²) in [6.45, 7) is 3.19. The minimum Gasteiger partial charge on any atom is -0.406 e. The van der Waals surface area contributed by atoms with Gasteiger partial charge in [0.25, 0.3) is 0 Å². The molecule has 4 heterocycles. The Morgan fingerprint density at radius 1 is 1.12 bits per heavy atom. The zero-order valence-corrected chi connectivity index (χ0v) is 22.2. The molecule has 3 aliphatic heterocycles. The third kappa shape index (κ3) is 4.94. The molecule has 2 fully saturated rings. The number of amides is 2. The first-order valence-electron chi connectivity index (χ1n) is 12.9. The normalized spacial score (nSPS) is 20.4. The van der Waals surface area contributed by atoms with Gasteiger partial charge in [-0.25, -0.2) is 0 Å². The third-order valence-corrected chi connectivity index (χ3v) is 7.93. The van der Waals surface area contributed by atoms with E-state index in [1.54, 1.807) is 46.7 Å². The zero-order valence-electron chi connectivity index (χ0n) is 21.5. The molecule has 2 saturated heterocycles. The van der Waals surface area contributed by atoms with Gasteiger partial charge in [-0.2, -0.15) is 0 Å². The fourth-order valence-corrected chi connectivity index (χ4v) is 5.97. The monoisotopic (exact) mass is 571 g/mol. The van der Waals surface area contributed by atoms with Gasteiger partial charge < -0.3 is 14.5 Å². The molecule has 0 N–H and O–H groups in total. The number of carbonyl (C=O) groups is 2. The first-order chi connectivity index (χ1) is 19.1. The predicted octanol–water partition coefficient (Wildman–Crippen LogP) is 4.88. The SMILES string of the molecule is Cc1nnc2n1-c1ccc(OC(F)(F)F)cc1C(c1ccc(Cl)cc1)=CC2CC(=O)N1CCN2C(=O)CCC2C1. The van der Waals surface area contributed by atoms with E-state index in [0.29, 0.717) is 65.1 Å². The van der Waals surface area contributed by atoms with Crippen molar-refractivity contribution < 1.29 is 27.5 Å². The summed E-state index contributed by atoms with van der Waals surface area (Å²) in [5.74, 6) is 0.192. The lowest BCUT2D eigenvalue weighted by Crippen LogP contribution is -2.53. The number of rotatable bonds is 4. The lowest BCUT2D eigenvalue weighted by molar-refractivity contribution is -0.274. The van der Waals surface area contributed by atoms with E-state index in [-0.39, 0.29) is 30.0 Å². The van der Waals surface area contributed by atoms with Crippen molar-refractivity contribution in [3.05, 3.63) is 76.3 Å². The molecule has 1 aromatic heterocycles. The summed E-state index contributed by atoms with van der Waals surface area (Å²) in [6.07, 6.45) is -1.68. The van der Waals surface area contributed by atoms with Crippen molar-refractivity contribution in [3.63, 3.8) is 0 Å². The number of piperazine rings is 1. The highest BCUT2D eigenvalue weighted by molar-refractivity contribution is 6.30. The molecule has 0 saturated carbocycles. The van der Waals surface area contributed by atoms with Crippen molar-refractivity contribution in [3.8, 4) is 11.4 Å². The van der Waals surface area contributed by atoms with Crippen LogP contribution in [0.2, 0.25) is 5.02 Å². The van der Waals surface area contributed by atoms with E-state index in [4.69, 9.17) is 11.6 Å². The molecule has 12 heteroatoms. The Morgan fingerprint density at radius 2 is 1.90 bits per heavy atom. The summed E-state index contributed by atoms with van der Waals surface area (Å²) in [6, 6.07) is 11.1. The van der Waals surface area contributed by atoms with Gasteiger partial charge in [0.1, 0.15) is 17.4 Å². The smallest absolute Gasteiger partial charge is 0.406 e. The quantitative estimate of drug-likeness (QED) is 0.446. The lowest BCUT2D eigenvalue weighted by Gasteiger charge is -2.38. The van der Waals surface area contributed by atoms with Gasteiger partial charge in [-0.15, -0.1) is 23.4 Å². The zero-order chi connectivity index (χ0) is 28.2. The summed E-state index contributed by atoms with van der Waals surface area (Å²) in [5, 5.41) is 9.14. The van der Waals surface area contributed by atoms with Crippen LogP contribution >= 0.6 is 11.6 Å². The van der Waals surface area contributed by atoms with Crippen LogP contribution in [0.25, 0.3) is 11.3 Å². The highest BCUT2D eigenvalue weighted by Crippen LogP contribution is 2.41. The first-order valence-corrected chi connectivity index (χ1v) is 13.3. The van der Waals surface area contributed by atoms with Crippen LogP contribution in [0.5, 0.6) is 5.75 Å².